The molecule has 0 heterocycles. The normalized spacial score (nSPS) is 12.5. The van der Waals surface area contributed by atoms with Gasteiger partial charge in [-0.3, -0.25) is 4.21 Å². The summed E-state index contributed by atoms with van der Waals surface area (Å²) in [6.07, 6.45) is 10.2. The van der Waals surface area contributed by atoms with Crippen molar-refractivity contribution in [2.75, 3.05) is 11.5 Å². The van der Waals surface area contributed by atoms with Gasteiger partial charge in [-0.2, -0.15) is 0 Å². The van der Waals surface area contributed by atoms with Gasteiger partial charge in [0.15, 0.2) is 0 Å². The van der Waals surface area contributed by atoms with Crippen LogP contribution in [0.3, 0.4) is 0 Å². The van der Waals surface area contributed by atoms with Gasteiger partial charge in [0.2, 0.25) is 0 Å². The van der Waals surface area contributed by atoms with Gasteiger partial charge in [-0.15, -0.1) is 0 Å². The predicted octanol–water partition coefficient (Wildman–Crippen LogP) is 4.83. The molecule has 2 N–H and O–H groups in total. The summed E-state index contributed by atoms with van der Waals surface area (Å²) in [7, 11) is -0.940. The zero-order chi connectivity index (χ0) is 14.8. The second-order valence-corrected chi connectivity index (χ2v) is 7.10. The van der Waals surface area contributed by atoms with Crippen LogP contribution in [0.5, 0.6) is 0 Å². The molecule has 0 aliphatic carbocycles. The molecule has 0 bridgehead atoms. The summed E-state index contributed by atoms with van der Waals surface area (Å²) in [5.41, 5.74) is 7.68. The van der Waals surface area contributed by atoms with Gasteiger partial charge in [-0.1, -0.05) is 57.9 Å². The van der Waals surface area contributed by atoms with Crippen LogP contribution in [0.4, 0.5) is 5.69 Å². The Bertz CT molecular complexity index is 417. The second-order valence-electron chi connectivity index (χ2n) is 5.57. The lowest BCUT2D eigenvalue weighted by atomic mass is 10.1. The predicted molar refractivity (Wildman–Crippen MR) is 89.5 cm³/mol. The molecule has 0 spiro atoms. The van der Waals surface area contributed by atoms with Crippen molar-refractivity contribution in [1.82, 2.24) is 0 Å². The molecule has 1 aromatic rings. The van der Waals surface area contributed by atoms with Gasteiger partial charge in [0.25, 0.3) is 0 Å². The molecule has 1 atom stereocenters. The fourth-order valence-electron chi connectivity index (χ4n) is 2.32. The minimum absolute atomic E-state index is 0.661. The monoisotopic (exact) mass is 295 g/mol. The molecule has 3 heteroatoms. The molecule has 0 aliphatic heterocycles. The van der Waals surface area contributed by atoms with Gasteiger partial charge >= 0.3 is 0 Å². The van der Waals surface area contributed by atoms with Crippen LogP contribution in [0.25, 0.3) is 0 Å². The largest absolute Gasteiger partial charge is 0.398 e. The third-order valence-corrected chi connectivity index (χ3v) is 5.10. The van der Waals surface area contributed by atoms with E-state index in [0.717, 1.165) is 22.6 Å². The molecule has 114 valence electrons. The first-order chi connectivity index (χ1) is 9.65. The smallest absolute Gasteiger partial charge is 0.0620 e. The second kappa shape index (κ2) is 9.98. The van der Waals surface area contributed by atoms with Gasteiger partial charge in [0, 0.05) is 11.4 Å². The lowest BCUT2D eigenvalue weighted by molar-refractivity contribution is 0.584. The van der Waals surface area contributed by atoms with Crippen molar-refractivity contribution in [2.24, 2.45) is 0 Å². The van der Waals surface area contributed by atoms with E-state index in [-0.39, 0.29) is 0 Å². The molecule has 0 amide bonds. The van der Waals surface area contributed by atoms with E-state index < -0.39 is 10.8 Å². The number of aryl methyl sites for hydroxylation is 1. The molecule has 0 saturated carbocycles. The van der Waals surface area contributed by atoms with Crippen molar-refractivity contribution >= 4 is 16.5 Å². The highest BCUT2D eigenvalue weighted by Gasteiger charge is 2.07. The molecule has 20 heavy (non-hydrogen) atoms. The summed E-state index contributed by atoms with van der Waals surface area (Å²) < 4.78 is 12.2. The molecule has 0 aromatic heterocycles. The van der Waals surface area contributed by atoms with E-state index in [2.05, 4.69) is 6.92 Å². The van der Waals surface area contributed by atoms with Crippen molar-refractivity contribution in [3.63, 3.8) is 0 Å². The number of unbranched alkanes of at least 4 members (excludes halogenated alkanes) is 7. The molecule has 1 rings (SSSR count). The maximum atomic E-state index is 12.2. The number of hydrogen-bond donors (Lipinski definition) is 1. The Morgan fingerprint density at radius 1 is 1.00 bits per heavy atom. The number of anilines is 1. The van der Waals surface area contributed by atoms with E-state index in [1.54, 1.807) is 0 Å². The highest BCUT2D eigenvalue weighted by atomic mass is 32.2. The van der Waals surface area contributed by atoms with E-state index in [0.29, 0.717) is 5.69 Å². The molecule has 1 aromatic carbocycles. The molecular formula is C17H29NOS. The first kappa shape index (κ1) is 17.2. The van der Waals surface area contributed by atoms with Crippen molar-refractivity contribution < 1.29 is 4.21 Å². The molecule has 0 fully saturated rings. The fourth-order valence-corrected chi connectivity index (χ4v) is 3.65. The highest BCUT2D eigenvalue weighted by Crippen LogP contribution is 2.19. The fraction of sp³-hybridized carbons (Fsp3) is 0.647. The topological polar surface area (TPSA) is 43.1 Å². The Morgan fingerprint density at radius 3 is 2.25 bits per heavy atom. The maximum Gasteiger partial charge on any atom is 0.0620 e. The number of benzene rings is 1. The Morgan fingerprint density at radius 2 is 1.60 bits per heavy atom. The third-order valence-electron chi connectivity index (χ3n) is 3.60. The van der Waals surface area contributed by atoms with Crippen LogP contribution in [0.1, 0.15) is 63.9 Å². The van der Waals surface area contributed by atoms with E-state index in [9.17, 15) is 4.21 Å². The molecule has 1 unspecified atom stereocenters. The molecule has 2 nitrogen and oxygen atoms in total. The minimum Gasteiger partial charge on any atom is -0.398 e. The number of nitrogen functional groups attached to an aromatic ring is 1. The Labute approximate surface area is 126 Å². The summed E-state index contributed by atoms with van der Waals surface area (Å²) in [4.78, 5) is 0.813. The highest BCUT2D eigenvalue weighted by molar-refractivity contribution is 7.85. The summed E-state index contributed by atoms with van der Waals surface area (Å²) in [5, 5.41) is 0. The summed E-state index contributed by atoms with van der Waals surface area (Å²) in [6, 6.07) is 5.78. The Hall–Kier alpha value is -0.830. The first-order valence-corrected chi connectivity index (χ1v) is 9.21. The third kappa shape index (κ3) is 6.56. The van der Waals surface area contributed by atoms with E-state index in [1.807, 2.05) is 25.1 Å². The number of hydrogen-bond acceptors (Lipinski definition) is 2. The minimum atomic E-state index is -0.940. The Kier molecular flexibility index (Phi) is 8.59. The molecular weight excluding hydrogens is 266 g/mol. The van der Waals surface area contributed by atoms with Crippen LogP contribution in [0, 0.1) is 6.92 Å². The Balaban J connectivity index is 2.18. The van der Waals surface area contributed by atoms with Crippen molar-refractivity contribution in [3.8, 4) is 0 Å². The van der Waals surface area contributed by atoms with E-state index >= 15 is 0 Å². The summed E-state index contributed by atoms with van der Waals surface area (Å²) >= 11 is 0. The van der Waals surface area contributed by atoms with Gasteiger partial charge in [0.05, 0.1) is 15.7 Å². The van der Waals surface area contributed by atoms with Crippen LogP contribution >= 0.6 is 0 Å². The van der Waals surface area contributed by atoms with Crippen LogP contribution < -0.4 is 5.73 Å². The standard InChI is InChI=1S/C17H29NOS/c1-3-4-5-6-7-8-9-10-13-20(19)17-14-15(2)11-12-16(17)18/h11-12,14H,3-10,13,18H2,1-2H3. The van der Waals surface area contributed by atoms with Crippen LogP contribution in [0.15, 0.2) is 23.1 Å². The lowest BCUT2D eigenvalue weighted by Gasteiger charge is -2.07. The average Bonchev–Trinajstić information content (AvgIpc) is 2.44. The quantitative estimate of drug-likeness (QED) is 0.496. The summed E-state index contributed by atoms with van der Waals surface area (Å²) in [5.74, 6) is 0.739. The molecule has 0 radical (unpaired) electrons. The SMILES string of the molecule is CCCCCCCCCCS(=O)c1cc(C)ccc1N. The number of nitrogens with two attached hydrogens (primary N) is 1. The molecule has 0 aliphatic rings. The van der Waals surface area contributed by atoms with Gasteiger partial charge in [-0.05, 0) is 31.0 Å². The van der Waals surface area contributed by atoms with Gasteiger partial charge in [0.1, 0.15) is 0 Å². The zero-order valence-electron chi connectivity index (χ0n) is 13.0. The van der Waals surface area contributed by atoms with Crippen LogP contribution in [-0.4, -0.2) is 9.96 Å². The van der Waals surface area contributed by atoms with Gasteiger partial charge in [-0.25, -0.2) is 0 Å². The van der Waals surface area contributed by atoms with Gasteiger partial charge < -0.3 is 5.73 Å². The lowest BCUT2D eigenvalue weighted by Crippen LogP contribution is -2.02. The average molecular weight is 295 g/mol. The van der Waals surface area contributed by atoms with E-state index in [4.69, 9.17) is 5.73 Å². The van der Waals surface area contributed by atoms with Crippen LogP contribution in [0.2, 0.25) is 0 Å². The van der Waals surface area contributed by atoms with Crippen molar-refractivity contribution in [2.45, 2.75) is 70.1 Å². The first-order valence-electron chi connectivity index (χ1n) is 7.89. The molecule has 0 saturated heterocycles. The summed E-state index contributed by atoms with van der Waals surface area (Å²) in [6.45, 7) is 4.25. The number of rotatable bonds is 10. The van der Waals surface area contributed by atoms with E-state index in [1.165, 1.54) is 44.9 Å². The maximum absolute atomic E-state index is 12.2. The van der Waals surface area contributed by atoms with Crippen molar-refractivity contribution in [1.29, 1.82) is 0 Å². The van der Waals surface area contributed by atoms with Crippen LogP contribution in [-0.2, 0) is 10.8 Å². The van der Waals surface area contributed by atoms with Crippen molar-refractivity contribution in [3.05, 3.63) is 23.8 Å². The zero-order valence-corrected chi connectivity index (χ0v) is 13.8.